The molecule has 0 bridgehead atoms. The fourth-order valence-electron chi connectivity index (χ4n) is 6.78. The second-order valence-corrected chi connectivity index (χ2v) is 14.7. The Bertz CT molecular complexity index is 2020. The van der Waals surface area contributed by atoms with Crippen molar-refractivity contribution in [2.24, 2.45) is 7.05 Å². The number of carbonyl (C=O) groups is 2. The number of aryl methyl sites for hydroxylation is 3. The minimum atomic E-state index is -0.571. The van der Waals surface area contributed by atoms with E-state index in [9.17, 15) is 9.59 Å². The second-order valence-electron chi connectivity index (χ2n) is 14.1. The molecule has 0 radical (unpaired) electrons. The van der Waals surface area contributed by atoms with E-state index in [1.807, 2.05) is 70.6 Å². The number of benzene rings is 3. The van der Waals surface area contributed by atoms with E-state index in [0.29, 0.717) is 69.6 Å². The van der Waals surface area contributed by atoms with E-state index in [2.05, 4.69) is 56.9 Å². The quantitative estimate of drug-likeness (QED) is 0.0526. The Morgan fingerprint density at radius 1 is 0.925 bits per heavy atom. The van der Waals surface area contributed by atoms with Crippen LogP contribution in [0.1, 0.15) is 81.3 Å². The Labute approximate surface area is 321 Å². The van der Waals surface area contributed by atoms with E-state index in [1.165, 1.54) is 0 Å². The molecule has 53 heavy (non-hydrogen) atoms. The van der Waals surface area contributed by atoms with Crippen LogP contribution < -0.4 is 4.74 Å². The number of hydrogen-bond acceptors (Lipinski definition) is 7. The summed E-state index contributed by atoms with van der Waals surface area (Å²) < 4.78 is 27.6. The summed E-state index contributed by atoms with van der Waals surface area (Å²) in [4.78, 5) is 28.3. The minimum Gasteiger partial charge on any atom is -0.493 e. The van der Waals surface area contributed by atoms with Crippen LogP contribution in [0.15, 0.2) is 60.7 Å². The highest BCUT2D eigenvalue weighted by Gasteiger charge is 2.28. The Morgan fingerprint density at radius 3 is 2.40 bits per heavy atom. The number of fused-ring (bicyclic) bond motifs is 2. The van der Waals surface area contributed by atoms with Gasteiger partial charge in [-0.2, -0.15) is 5.10 Å². The first-order chi connectivity index (χ1) is 25.5. The van der Waals surface area contributed by atoms with Crippen molar-refractivity contribution in [2.45, 2.75) is 84.4 Å². The number of alkyl halides is 1. The summed E-state index contributed by atoms with van der Waals surface area (Å²) in [5, 5.41) is 8.66. The normalized spacial score (nSPS) is 11.7. The average Bonchev–Trinajstić information content (AvgIpc) is 3.63. The van der Waals surface area contributed by atoms with Crippen molar-refractivity contribution in [2.75, 3.05) is 33.4 Å². The topological polar surface area (TPSA) is 97.0 Å². The Balaban J connectivity index is 1.55. The van der Waals surface area contributed by atoms with Gasteiger partial charge in [0, 0.05) is 61.0 Å². The number of aromatic nitrogens is 3. The summed E-state index contributed by atoms with van der Waals surface area (Å²) in [7, 11) is 3.70. The lowest BCUT2D eigenvalue weighted by Crippen LogP contribution is -2.34. The van der Waals surface area contributed by atoms with E-state index in [4.69, 9.17) is 24.0 Å². The fraction of sp³-hybridized carbons (Fsp3) is 0.452. The van der Waals surface area contributed by atoms with Crippen molar-refractivity contribution in [3.63, 3.8) is 0 Å². The maximum atomic E-state index is 14.0. The van der Waals surface area contributed by atoms with Crippen molar-refractivity contribution in [3.8, 4) is 16.9 Å². The molecule has 2 aromatic heterocycles. The molecule has 10 nitrogen and oxygen atoms in total. The molecule has 5 aromatic rings. The van der Waals surface area contributed by atoms with Crippen LogP contribution in [0.5, 0.6) is 5.75 Å². The molecule has 284 valence electrons. The number of unbranched alkanes of at least 4 members (excludes halogenated alkanes) is 1. The lowest BCUT2D eigenvalue weighted by molar-refractivity contribution is 0.0296. The lowest BCUT2D eigenvalue weighted by Gasteiger charge is -2.24. The van der Waals surface area contributed by atoms with E-state index >= 15 is 0 Å². The number of nitrogens with zero attached hydrogens (tertiary/aromatic N) is 4. The maximum Gasteiger partial charge on any atom is 0.410 e. The molecular formula is C42H53BrN4O6. The van der Waals surface area contributed by atoms with Gasteiger partial charge in [0.15, 0.2) is 0 Å². The molecule has 0 aliphatic carbocycles. The molecule has 0 unspecified atom stereocenters. The molecule has 3 aromatic carbocycles. The van der Waals surface area contributed by atoms with Crippen molar-refractivity contribution in [3.05, 3.63) is 83.3 Å². The smallest absolute Gasteiger partial charge is 0.410 e. The molecule has 5 rings (SSSR count). The highest BCUT2D eigenvalue weighted by atomic mass is 79.9. The summed E-state index contributed by atoms with van der Waals surface area (Å²) in [6.07, 6.45) is 2.37. The van der Waals surface area contributed by atoms with Crippen LogP contribution in [0.2, 0.25) is 0 Å². The van der Waals surface area contributed by atoms with Crippen LogP contribution in [0.3, 0.4) is 0 Å². The first-order valence-corrected chi connectivity index (χ1v) is 19.7. The Hall–Kier alpha value is -4.35. The van der Waals surface area contributed by atoms with Gasteiger partial charge >= 0.3 is 12.1 Å². The number of esters is 1. The SMILES string of the molecule is CCOCc1nn(C)c(CBr)c1-c1cccc2c(CCCOc3cccc4ccccc34)c(C(=O)OCC)n(CCCCN(C)C(=O)OC(C)(C)C)c12. The number of carbonyl (C=O) groups excluding carboxylic acids is 2. The zero-order valence-electron chi connectivity index (χ0n) is 32.2. The molecule has 0 fully saturated rings. The highest BCUT2D eigenvalue weighted by Crippen LogP contribution is 2.39. The van der Waals surface area contributed by atoms with Crippen molar-refractivity contribution in [1.82, 2.24) is 19.2 Å². The van der Waals surface area contributed by atoms with E-state index in [-0.39, 0.29) is 18.7 Å². The fourth-order valence-corrected chi connectivity index (χ4v) is 7.42. The van der Waals surface area contributed by atoms with Gasteiger partial charge < -0.3 is 28.4 Å². The summed E-state index contributed by atoms with van der Waals surface area (Å²) in [5.41, 5.74) is 5.70. The van der Waals surface area contributed by atoms with Gasteiger partial charge in [-0.1, -0.05) is 70.5 Å². The summed E-state index contributed by atoms with van der Waals surface area (Å²) in [6, 6.07) is 20.6. The third kappa shape index (κ3) is 9.42. The molecule has 0 atom stereocenters. The molecule has 2 heterocycles. The number of rotatable bonds is 17. The van der Waals surface area contributed by atoms with Gasteiger partial charge in [-0.3, -0.25) is 4.68 Å². The summed E-state index contributed by atoms with van der Waals surface area (Å²) in [5.74, 6) is 0.488. The largest absolute Gasteiger partial charge is 0.493 e. The second kappa shape index (κ2) is 18.1. The minimum absolute atomic E-state index is 0.256. The first-order valence-electron chi connectivity index (χ1n) is 18.5. The molecule has 0 saturated carbocycles. The van der Waals surface area contributed by atoms with Crippen LogP contribution >= 0.6 is 15.9 Å². The molecule has 0 spiro atoms. The van der Waals surface area contributed by atoms with Crippen molar-refractivity contribution >= 4 is 49.7 Å². The average molecular weight is 790 g/mol. The van der Waals surface area contributed by atoms with Gasteiger partial charge in [-0.15, -0.1) is 0 Å². The first kappa shape index (κ1) is 39.8. The number of ether oxygens (including phenoxy) is 4. The van der Waals surface area contributed by atoms with Crippen molar-refractivity contribution < 1.29 is 28.5 Å². The molecular weight excluding hydrogens is 736 g/mol. The zero-order chi connectivity index (χ0) is 38.1. The summed E-state index contributed by atoms with van der Waals surface area (Å²) in [6.45, 7) is 12.1. The number of hydrogen-bond donors (Lipinski definition) is 0. The zero-order valence-corrected chi connectivity index (χ0v) is 33.8. The molecule has 1 amide bonds. The number of halogens is 1. The highest BCUT2D eigenvalue weighted by molar-refractivity contribution is 9.08. The van der Waals surface area contributed by atoms with E-state index < -0.39 is 5.60 Å². The van der Waals surface area contributed by atoms with Gasteiger partial charge in [-0.05, 0) is 77.3 Å². The third-order valence-corrected chi connectivity index (χ3v) is 9.67. The van der Waals surface area contributed by atoms with Gasteiger partial charge in [0.1, 0.15) is 17.0 Å². The molecule has 0 N–H and O–H groups in total. The molecule has 11 heteroatoms. The van der Waals surface area contributed by atoms with Crippen LogP contribution in [-0.2, 0) is 46.2 Å². The molecule has 0 saturated heterocycles. The Morgan fingerprint density at radius 2 is 1.66 bits per heavy atom. The lowest BCUT2D eigenvalue weighted by atomic mass is 9.98. The van der Waals surface area contributed by atoms with Gasteiger partial charge in [0.05, 0.1) is 36.7 Å². The number of amides is 1. The van der Waals surface area contributed by atoms with Crippen LogP contribution in [-0.4, -0.2) is 70.3 Å². The predicted molar refractivity (Wildman–Crippen MR) is 214 cm³/mol. The van der Waals surface area contributed by atoms with Gasteiger partial charge in [-0.25, -0.2) is 9.59 Å². The van der Waals surface area contributed by atoms with Gasteiger partial charge in [0.25, 0.3) is 0 Å². The molecule has 0 aliphatic rings. The van der Waals surface area contributed by atoms with Crippen LogP contribution in [0.25, 0.3) is 32.8 Å². The van der Waals surface area contributed by atoms with E-state index in [1.54, 1.807) is 11.9 Å². The van der Waals surface area contributed by atoms with E-state index in [0.717, 1.165) is 55.5 Å². The summed E-state index contributed by atoms with van der Waals surface area (Å²) >= 11 is 3.72. The standard InChI is InChI=1S/C42H53BrN4O6/c1-8-50-28-34-37(35(27-43)46(7)44-34)33-21-15-20-31-32(22-16-26-52-36-23-14-18-29-17-10-11-19-30(29)36)39(40(48)51-9-2)47(38(31)33)25-13-12-24-45(6)41(49)53-42(3,4)5/h10-11,14-15,17-21,23H,8-9,12-13,16,22,24-28H2,1-7H3. The van der Waals surface area contributed by atoms with Gasteiger partial charge in [0.2, 0.25) is 0 Å². The van der Waals surface area contributed by atoms with Crippen LogP contribution in [0.4, 0.5) is 4.79 Å². The van der Waals surface area contributed by atoms with Crippen molar-refractivity contribution in [1.29, 1.82) is 0 Å². The number of para-hydroxylation sites is 1. The maximum absolute atomic E-state index is 14.0. The third-order valence-electron chi connectivity index (χ3n) is 9.14. The molecule has 0 aliphatic heterocycles. The Kier molecular flexibility index (Phi) is 13.6. The predicted octanol–water partition coefficient (Wildman–Crippen LogP) is 9.46. The monoisotopic (exact) mass is 788 g/mol. The van der Waals surface area contributed by atoms with Crippen LogP contribution in [0, 0.1) is 0 Å².